The van der Waals surface area contributed by atoms with Crippen molar-refractivity contribution in [3.05, 3.63) is 33.8 Å². The van der Waals surface area contributed by atoms with Crippen LogP contribution < -0.4 is 5.73 Å². The van der Waals surface area contributed by atoms with Crippen molar-refractivity contribution in [1.82, 2.24) is 4.90 Å². The lowest BCUT2D eigenvalue weighted by Crippen LogP contribution is -2.38. The van der Waals surface area contributed by atoms with Crippen molar-refractivity contribution in [3.63, 3.8) is 0 Å². The maximum absolute atomic E-state index is 5.67. The molecule has 1 heterocycles. The zero-order valence-electron chi connectivity index (χ0n) is 11.2. The predicted molar refractivity (Wildman–Crippen MR) is 80.4 cm³/mol. The molecule has 0 aromatic heterocycles. The van der Waals surface area contributed by atoms with Crippen LogP contribution in [0.3, 0.4) is 0 Å². The first kappa shape index (κ1) is 14.0. The van der Waals surface area contributed by atoms with Gasteiger partial charge in [0.2, 0.25) is 0 Å². The van der Waals surface area contributed by atoms with Gasteiger partial charge in [0, 0.05) is 23.6 Å². The highest BCUT2D eigenvalue weighted by Crippen LogP contribution is 2.25. The molecule has 2 rings (SSSR count). The molecule has 0 spiro atoms. The smallest absolute Gasteiger partial charge is 0.0247 e. The average molecular weight is 311 g/mol. The van der Waals surface area contributed by atoms with Gasteiger partial charge < -0.3 is 5.73 Å². The number of hydrogen-bond donors (Lipinski definition) is 1. The first-order valence-corrected chi connectivity index (χ1v) is 7.75. The summed E-state index contributed by atoms with van der Waals surface area (Å²) in [5, 5.41) is 0. The molecular formula is C15H23BrN2. The summed E-state index contributed by atoms with van der Waals surface area (Å²) in [6.07, 6.45) is 5.35. The second-order valence-electron chi connectivity index (χ2n) is 5.16. The lowest BCUT2D eigenvalue weighted by Gasteiger charge is -2.35. The third kappa shape index (κ3) is 3.34. The number of hydrogen-bond acceptors (Lipinski definition) is 2. The van der Waals surface area contributed by atoms with Gasteiger partial charge in [-0.3, -0.25) is 4.90 Å². The number of benzene rings is 1. The number of rotatable bonds is 4. The lowest BCUT2D eigenvalue weighted by molar-refractivity contribution is 0.136. The minimum absolute atomic E-state index is 0.611. The van der Waals surface area contributed by atoms with E-state index in [4.69, 9.17) is 5.73 Å². The molecule has 2 N–H and O–H groups in total. The van der Waals surface area contributed by atoms with Crippen molar-refractivity contribution in [2.24, 2.45) is 5.73 Å². The number of nitrogens with two attached hydrogens (primary N) is 1. The molecule has 0 aliphatic carbocycles. The Morgan fingerprint density at radius 2 is 2.22 bits per heavy atom. The highest BCUT2D eigenvalue weighted by molar-refractivity contribution is 9.10. The minimum Gasteiger partial charge on any atom is -0.326 e. The van der Waals surface area contributed by atoms with Crippen LogP contribution in [0.25, 0.3) is 0 Å². The van der Waals surface area contributed by atoms with Crippen molar-refractivity contribution < 1.29 is 0 Å². The van der Waals surface area contributed by atoms with Crippen LogP contribution in [0, 0.1) is 0 Å². The van der Waals surface area contributed by atoms with Gasteiger partial charge in [0.1, 0.15) is 0 Å². The second kappa shape index (κ2) is 6.69. The molecule has 1 aromatic rings. The van der Waals surface area contributed by atoms with E-state index in [0.29, 0.717) is 6.54 Å². The highest BCUT2D eigenvalue weighted by Gasteiger charge is 2.21. The van der Waals surface area contributed by atoms with E-state index in [1.54, 1.807) is 0 Å². The van der Waals surface area contributed by atoms with Gasteiger partial charge in [0.05, 0.1) is 0 Å². The zero-order valence-corrected chi connectivity index (χ0v) is 12.7. The van der Waals surface area contributed by atoms with Gasteiger partial charge in [-0.2, -0.15) is 0 Å². The first-order chi connectivity index (χ1) is 8.74. The number of nitrogens with zero attached hydrogens (tertiary/aromatic N) is 1. The number of likely N-dealkylation sites (tertiary alicyclic amines) is 1. The fourth-order valence-electron chi connectivity index (χ4n) is 2.80. The molecule has 3 heteroatoms. The highest BCUT2D eigenvalue weighted by atomic mass is 79.9. The van der Waals surface area contributed by atoms with Gasteiger partial charge in [0.25, 0.3) is 0 Å². The van der Waals surface area contributed by atoms with E-state index >= 15 is 0 Å². The Morgan fingerprint density at radius 1 is 1.39 bits per heavy atom. The van der Waals surface area contributed by atoms with Crippen LogP contribution >= 0.6 is 15.9 Å². The zero-order chi connectivity index (χ0) is 13.0. The molecule has 2 nitrogen and oxygen atoms in total. The van der Waals surface area contributed by atoms with Crippen molar-refractivity contribution >= 4 is 15.9 Å². The molecule has 1 unspecified atom stereocenters. The van der Waals surface area contributed by atoms with Crippen molar-refractivity contribution in [1.29, 1.82) is 0 Å². The fraction of sp³-hybridized carbons (Fsp3) is 0.600. The number of halogens is 1. The van der Waals surface area contributed by atoms with E-state index in [1.165, 1.54) is 47.8 Å². The molecule has 0 amide bonds. The Bertz CT molecular complexity index is 392. The summed E-state index contributed by atoms with van der Waals surface area (Å²) < 4.78 is 1.20. The second-order valence-corrected chi connectivity index (χ2v) is 6.01. The van der Waals surface area contributed by atoms with E-state index in [9.17, 15) is 0 Å². The maximum atomic E-state index is 5.67. The van der Waals surface area contributed by atoms with Gasteiger partial charge in [-0.25, -0.2) is 0 Å². The first-order valence-electron chi connectivity index (χ1n) is 6.96. The minimum atomic E-state index is 0.611. The van der Waals surface area contributed by atoms with Crippen LogP contribution in [0.5, 0.6) is 0 Å². The lowest BCUT2D eigenvalue weighted by atomic mass is 9.99. The van der Waals surface area contributed by atoms with Crippen LogP contribution in [0.1, 0.15) is 43.7 Å². The maximum Gasteiger partial charge on any atom is 0.0247 e. The third-order valence-corrected chi connectivity index (χ3v) is 4.69. The molecule has 1 atom stereocenters. The SMILES string of the molecule is CCC1CCCCN1Cc1ccc(CN)cc1Br. The summed E-state index contributed by atoms with van der Waals surface area (Å²) in [4.78, 5) is 2.63. The largest absolute Gasteiger partial charge is 0.326 e. The topological polar surface area (TPSA) is 29.3 Å². The molecule has 0 saturated carbocycles. The molecule has 1 saturated heterocycles. The van der Waals surface area contributed by atoms with Crippen molar-refractivity contribution in [2.45, 2.75) is 51.7 Å². The summed E-state index contributed by atoms with van der Waals surface area (Å²) in [7, 11) is 0. The van der Waals surface area contributed by atoms with Crippen LogP contribution in [0.4, 0.5) is 0 Å². The Hall–Kier alpha value is -0.380. The van der Waals surface area contributed by atoms with E-state index in [2.05, 4.69) is 46.0 Å². The molecule has 1 fully saturated rings. The predicted octanol–water partition coefficient (Wildman–Crippen LogP) is 3.67. The number of piperidine rings is 1. The summed E-state index contributed by atoms with van der Waals surface area (Å²) in [6.45, 7) is 5.21. The normalized spacial score (nSPS) is 21.2. The Labute approximate surface area is 119 Å². The van der Waals surface area contributed by atoms with E-state index in [-0.39, 0.29) is 0 Å². The quantitative estimate of drug-likeness (QED) is 0.919. The van der Waals surface area contributed by atoms with Crippen LogP contribution in [-0.2, 0) is 13.1 Å². The third-order valence-electron chi connectivity index (χ3n) is 3.95. The summed E-state index contributed by atoms with van der Waals surface area (Å²) in [5.41, 5.74) is 8.24. The van der Waals surface area contributed by atoms with E-state index in [0.717, 1.165) is 12.6 Å². The Balaban J connectivity index is 2.07. The van der Waals surface area contributed by atoms with E-state index in [1.807, 2.05) is 0 Å². The van der Waals surface area contributed by atoms with Crippen molar-refractivity contribution in [3.8, 4) is 0 Å². The molecule has 18 heavy (non-hydrogen) atoms. The average Bonchev–Trinajstić information content (AvgIpc) is 2.41. The van der Waals surface area contributed by atoms with Crippen molar-refractivity contribution in [2.75, 3.05) is 6.54 Å². The molecule has 1 aliphatic rings. The molecule has 0 radical (unpaired) electrons. The standard InChI is InChI=1S/C15H23BrN2/c1-2-14-5-3-4-8-18(14)11-13-7-6-12(10-17)9-15(13)16/h6-7,9,14H,2-5,8,10-11,17H2,1H3. The monoisotopic (exact) mass is 310 g/mol. The molecule has 1 aliphatic heterocycles. The van der Waals surface area contributed by atoms with Gasteiger partial charge >= 0.3 is 0 Å². The van der Waals surface area contributed by atoms with Crippen LogP contribution in [-0.4, -0.2) is 17.5 Å². The molecule has 0 bridgehead atoms. The van der Waals surface area contributed by atoms with Gasteiger partial charge in [0.15, 0.2) is 0 Å². The van der Waals surface area contributed by atoms with Gasteiger partial charge in [-0.05, 0) is 43.0 Å². The fourth-order valence-corrected chi connectivity index (χ4v) is 3.35. The molecule has 100 valence electrons. The van der Waals surface area contributed by atoms with E-state index < -0.39 is 0 Å². The molecule has 1 aromatic carbocycles. The Morgan fingerprint density at radius 3 is 2.89 bits per heavy atom. The Kier molecular flexibility index (Phi) is 5.22. The van der Waals surface area contributed by atoms with Gasteiger partial charge in [-0.15, -0.1) is 0 Å². The summed E-state index contributed by atoms with van der Waals surface area (Å²) >= 11 is 3.67. The summed E-state index contributed by atoms with van der Waals surface area (Å²) in [6, 6.07) is 7.28. The van der Waals surface area contributed by atoms with Crippen LogP contribution in [0.15, 0.2) is 22.7 Å². The van der Waals surface area contributed by atoms with Gasteiger partial charge in [-0.1, -0.05) is 41.4 Å². The van der Waals surface area contributed by atoms with Crippen LogP contribution in [0.2, 0.25) is 0 Å². The summed E-state index contributed by atoms with van der Waals surface area (Å²) in [5.74, 6) is 0. The molecular weight excluding hydrogens is 288 g/mol.